The van der Waals surface area contributed by atoms with Gasteiger partial charge in [0.15, 0.2) is 0 Å². The summed E-state index contributed by atoms with van der Waals surface area (Å²) in [6.45, 7) is 6.66. The van der Waals surface area contributed by atoms with Crippen LogP contribution >= 0.6 is 23.2 Å². The summed E-state index contributed by atoms with van der Waals surface area (Å²) in [4.78, 5) is 0. The van der Waals surface area contributed by atoms with Crippen LogP contribution < -0.4 is 4.74 Å². The van der Waals surface area contributed by atoms with Gasteiger partial charge in [0.25, 0.3) is 0 Å². The zero-order valence-electron chi connectivity index (χ0n) is 11.9. The van der Waals surface area contributed by atoms with Crippen molar-refractivity contribution in [1.29, 1.82) is 0 Å². The van der Waals surface area contributed by atoms with E-state index in [4.69, 9.17) is 27.9 Å². The molecule has 2 aromatic carbocycles. The van der Waals surface area contributed by atoms with Crippen LogP contribution in [0.1, 0.15) is 34.6 Å². The van der Waals surface area contributed by atoms with Crippen molar-refractivity contribution < 1.29 is 4.74 Å². The van der Waals surface area contributed by atoms with Crippen LogP contribution in [0.4, 0.5) is 0 Å². The number of hydrogen-bond donors (Lipinski definition) is 0. The van der Waals surface area contributed by atoms with E-state index in [1.807, 2.05) is 51.1 Å². The largest absolute Gasteiger partial charge is 0.494 e. The van der Waals surface area contributed by atoms with Crippen molar-refractivity contribution in [2.75, 3.05) is 6.61 Å². The predicted molar refractivity (Wildman–Crippen MR) is 86.2 cm³/mol. The highest BCUT2D eigenvalue weighted by atomic mass is 35.5. The number of benzene rings is 2. The average molecular weight is 309 g/mol. The second-order valence-electron chi connectivity index (χ2n) is 4.82. The molecule has 0 amide bonds. The minimum atomic E-state index is -0.179. The molecule has 1 unspecified atom stereocenters. The molecule has 106 valence electrons. The quantitative estimate of drug-likeness (QED) is 0.660. The van der Waals surface area contributed by atoms with Gasteiger partial charge in [0, 0.05) is 5.02 Å². The van der Waals surface area contributed by atoms with Crippen LogP contribution in [-0.4, -0.2) is 6.61 Å². The van der Waals surface area contributed by atoms with Gasteiger partial charge in [-0.25, -0.2) is 0 Å². The Morgan fingerprint density at radius 2 is 1.70 bits per heavy atom. The van der Waals surface area contributed by atoms with Gasteiger partial charge in [0.2, 0.25) is 0 Å². The fourth-order valence-electron chi connectivity index (χ4n) is 2.16. The summed E-state index contributed by atoms with van der Waals surface area (Å²) in [6.07, 6.45) is 0. The van der Waals surface area contributed by atoms with Crippen LogP contribution in [0.2, 0.25) is 5.02 Å². The highest BCUT2D eigenvalue weighted by Crippen LogP contribution is 2.34. The summed E-state index contributed by atoms with van der Waals surface area (Å²) >= 11 is 12.7. The van der Waals surface area contributed by atoms with E-state index >= 15 is 0 Å². The Hall–Kier alpha value is -1.18. The summed E-state index contributed by atoms with van der Waals surface area (Å²) in [6, 6.07) is 11.9. The minimum absolute atomic E-state index is 0.179. The zero-order chi connectivity index (χ0) is 14.7. The van der Waals surface area contributed by atoms with Crippen molar-refractivity contribution in [2.24, 2.45) is 0 Å². The Morgan fingerprint density at radius 3 is 2.30 bits per heavy atom. The molecule has 1 nitrogen and oxygen atoms in total. The molecule has 0 aliphatic heterocycles. The first-order valence-electron chi connectivity index (χ1n) is 6.66. The smallest absolute Gasteiger partial charge is 0.119 e. The maximum absolute atomic E-state index is 6.61. The van der Waals surface area contributed by atoms with Gasteiger partial charge >= 0.3 is 0 Å². The van der Waals surface area contributed by atoms with Crippen molar-refractivity contribution in [3.8, 4) is 5.75 Å². The van der Waals surface area contributed by atoms with Gasteiger partial charge in [0.05, 0.1) is 12.0 Å². The molecule has 0 fully saturated rings. The molecule has 0 heterocycles. The molecular weight excluding hydrogens is 291 g/mol. The van der Waals surface area contributed by atoms with E-state index < -0.39 is 0 Å². The average Bonchev–Trinajstić information content (AvgIpc) is 2.43. The Morgan fingerprint density at radius 1 is 1.05 bits per heavy atom. The lowest BCUT2D eigenvalue weighted by Gasteiger charge is -2.15. The minimum Gasteiger partial charge on any atom is -0.494 e. The van der Waals surface area contributed by atoms with Gasteiger partial charge in [-0.3, -0.25) is 0 Å². The maximum atomic E-state index is 6.61. The van der Waals surface area contributed by atoms with E-state index in [0.29, 0.717) is 6.61 Å². The molecule has 0 N–H and O–H groups in total. The fourth-order valence-corrected chi connectivity index (χ4v) is 2.75. The Labute approximate surface area is 130 Å². The normalized spacial score (nSPS) is 12.2. The van der Waals surface area contributed by atoms with Gasteiger partial charge in [-0.1, -0.05) is 29.8 Å². The Balaban J connectivity index is 2.31. The number of alkyl halides is 1. The van der Waals surface area contributed by atoms with E-state index in [9.17, 15) is 0 Å². The molecule has 2 aromatic rings. The fraction of sp³-hybridized carbons (Fsp3) is 0.294. The SMILES string of the molecule is CCOc1ccc(C(Cl)c2cc(C)c(Cl)cc2C)cc1. The predicted octanol–water partition coefficient (Wildman–Crippen LogP) is 5.68. The number of halogens is 2. The molecular formula is C17H18Cl2O. The zero-order valence-corrected chi connectivity index (χ0v) is 13.4. The van der Waals surface area contributed by atoms with Crippen molar-refractivity contribution in [2.45, 2.75) is 26.1 Å². The first-order valence-corrected chi connectivity index (χ1v) is 7.47. The molecule has 0 saturated heterocycles. The first-order chi connectivity index (χ1) is 9.52. The van der Waals surface area contributed by atoms with Crippen LogP contribution in [0.15, 0.2) is 36.4 Å². The molecule has 1 atom stereocenters. The van der Waals surface area contributed by atoms with Crippen LogP contribution in [0.3, 0.4) is 0 Å². The monoisotopic (exact) mass is 308 g/mol. The summed E-state index contributed by atoms with van der Waals surface area (Å²) in [7, 11) is 0. The third kappa shape index (κ3) is 3.28. The summed E-state index contributed by atoms with van der Waals surface area (Å²) < 4.78 is 5.44. The van der Waals surface area contributed by atoms with Crippen LogP contribution in [0, 0.1) is 13.8 Å². The van der Waals surface area contributed by atoms with Gasteiger partial charge in [-0.2, -0.15) is 0 Å². The second-order valence-corrected chi connectivity index (χ2v) is 5.67. The molecule has 0 bridgehead atoms. The molecule has 2 rings (SSSR count). The van der Waals surface area contributed by atoms with Crippen molar-refractivity contribution in [1.82, 2.24) is 0 Å². The summed E-state index contributed by atoms with van der Waals surface area (Å²) in [5.74, 6) is 0.865. The van der Waals surface area contributed by atoms with Gasteiger partial charge in [-0.15, -0.1) is 11.6 Å². The van der Waals surface area contributed by atoms with Crippen molar-refractivity contribution >= 4 is 23.2 Å². The van der Waals surface area contributed by atoms with E-state index in [1.165, 1.54) is 0 Å². The Bertz CT molecular complexity index is 591. The highest BCUT2D eigenvalue weighted by Gasteiger charge is 2.14. The molecule has 0 radical (unpaired) electrons. The van der Waals surface area contributed by atoms with E-state index in [-0.39, 0.29) is 5.38 Å². The summed E-state index contributed by atoms with van der Waals surface area (Å²) in [5, 5.41) is 0.600. The number of aryl methyl sites for hydroxylation is 2. The molecule has 0 aliphatic carbocycles. The number of rotatable bonds is 4. The lowest BCUT2D eigenvalue weighted by molar-refractivity contribution is 0.340. The van der Waals surface area contributed by atoms with Crippen LogP contribution in [0.25, 0.3) is 0 Å². The van der Waals surface area contributed by atoms with Gasteiger partial charge in [-0.05, 0) is 61.2 Å². The molecule has 0 aromatic heterocycles. The second kappa shape index (κ2) is 6.51. The maximum Gasteiger partial charge on any atom is 0.119 e. The topological polar surface area (TPSA) is 9.23 Å². The standard InChI is InChI=1S/C17H18Cl2O/c1-4-20-14-7-5-13(6-8-14)17(19)15-9-12(3)16(18)10-11(15)2/h5-10,17H,4H2,1-3H3. The Kier molecular flexibility index (Phi) is 4.95. The van der Waals surface area contributed by atoms with Crippen LogP contribution in [0.5, 0.6) is 5.75 Å². The number of ether oxygens (including phenoxy) is 1. The molecule has 20 heavy (non-hydrogen) atoms. The van der Waals surface area contributed by atoms with Crippen molar-refractivity contribution in [3.63, 3.8) is 0 Å². The van der Waals surface area contributed by atoms with Crippen LogP contribution in [-0.2, 0) is 0 Å². The van der Waals surface area contributed by atoms with E-state index in [1.54, 1.807) is 0 Å². The molecule has 3 heteroatoms. The lowest BCUT2D eigenvalue weighted by Crippen LogP contribution is -1.98. The highest BCUT2D eigenvalue weighted by molar-refractivity contribution is 6.31. The van der Waals surface area contributed by atoms with E-state index in [0.717, 1.165) is 33.0 Å². The number of hydrogen-bond acceptors (Lipinski definition) is 1. The summed E-state index contributed by atoms with van der Waals surface area (Å²) in [5.41, 5.74) is 4.30. The van der Waals surface area contributed by atoms with Crippen molar-refractivity contribution in [3.05, 3.63) is 63.7 Å². The third-order valence-corrected chi connectivity index (χ3v) is 4.20. The lowest BCUT2D eigenvalue weighted by atomic mass is 9.98. The van der Waals surface area contributed by atoms with E-state index in [2.05, 4.69) is 6.07 Å². The molecule has 0 saturated carbocycles. The molecule has 0 spiro atoms. The first kappa shape index (κ1) is 15.2. The third-order valence-electron chi connectivity index (χ3n) is 3.30. The molecule has 0 aliphatic rings. The van der Waals surface area contributed by atoms with Gasteiger partial charge < -0.3 is 4.74 Å². The van der Waals surface area contributed by atoms with Gasteiger partial charge in [0.1, 0.15) is 5.75 Å².